The van der Waals surface area contributed by atoms with Crippen LogP contribution in [0.3, 0.4) is 0 Å². The molecule has 1 saturated carbocycles. The summed E-state index contributed by atoms with van der Waals surface area (Å²) in [6.45, 7) is 0.615. The standard InChI is InChI=1S/C20H22N2O4S/c1-26-18-11-8-15(13-19(18)27(24,25)21-16-9-10-16)20(23)22-12-4-6-14-5-2-3-7-17(14)22/h2-3,5,7-8,11,13,16,21H,4,6,9-10,12H2,1H3. The van der Waals surface area contributed by atoms with Crippen LogP contribution in [-0.2, 0) is 16.4 Å². The number of sulfonamides is 1. The van der Waals surface area contributed by atoms with E-state index in [1.54, 1.807) is 17.0 Å². The van der Waals surface area contributed by atoms with E-state index in [2.05, 4.69) is 4.72 Å². The molecule has 0 radical (unpaired) electrons. The Labute approximate surface area is 159 Å². The third-order valence-electron chi connectivity index (χ3n) is 4.95. The highest BCUT2D eigenvalue weighted by molar-refractivity contribution is 7.89. The van der Waals surface area contributed by atoms with Gasteiger partial charge in [-0.2, -0.15) is 0 Å². The molecule has 1 N–H and O–H groups in total. The minimum Gasteiger partial charge on any atom is -0.495 e. The van der Waals surface area contributed by atoms with Gasteiger partial charge in [-0.3, -0.25) is 4.79 Å². The van der Waals surface area contributed by atoms with Gasteiger partial charge in [0.2, 0.25) is 10.0 Å². The van der Waals surface area contributed by atoms with Gasteiger partial charge in [0.25, 0.3) is 5.91 Å². The van der Waals surface area contributed by atoms with Crippen LogP contribution >= 0.6 is 0 Å². The number of para-hydroxylation sites is 1. The van der Waals surface area contributed by atoms with Gasteiger partial charge in [0, 0.05) is 23.8 Å². The highest BCUT2D eigenvalue weighted by Crippen LogP contribution is 2.31. The predicted octanol–water partition coefficient (Wildman–Crippen LogP) is 2.73. The lowest BCUT2D eigenvalue weighted by atomic mass is 10.0. The van der Waals surface area contributed by atoms with Gasteiger partial charge in [-0.1, -0.05) is 18.2 Å². The Bertz CT molecular complexity index is 983. The number of carbonyl (C=O) groups is 1. The highest BCUT2D eigenvalue weighted by atomic mass is 32.2. The Kier molecular flexibility index (Phi) is 4.65. The van der Waals surface area contributed by atoms with Gasteiger partial charge in [-0.05, 0) is 55.5 Å². The number of fused-ring (bicyclic) bond motifs is 1. The van der Waals surface area contributed by atoms with E-state index in [0.29, 0.717) is 12.1 Å². The minimum atomic E-state index is -3.73. The maximum Gasteiger partial charge on any atom is 0.258 e. The van der Waals surface area contributed by atoms with Crippen LogP contribution in [0.5, 0.6) is 5.75 Å². The van der Waals surface area contributed by atoms with Crippen LogP contribution < -0.4 is 14.4 Å². The summed E-state index contributed by atoms with van der Waals surface area (Å²) >= 11 is 0. The molecule has 27 heavy (non-hydrogen) atoms. The molecule has 1 amide bonds. The largest absolute Gasteiger partial charge is 0.495 e. The van der Waals surface area contributed by atoms with E-state index in [-0.39, 0.29) is 22.6 Å². The molecule has 1 fully saturated rings. The molecule has 1 heterocycles. The second-order valence-electron chi connectivity index (χ2n) is 6.95. The van der Waals surface area contributed by atoms with Crippen molar-refractivity contribution in [1.82, 2.24) is 4.72 Å². The first-order chi connectivity index (χ1) is 13.0. The monoisotopic (exact) mass is 386 g/mol. The average molecular weight is 386 g/mol. The van der Waals surface area contributed by atoms with Gasteiger partial charge in [-0.25, -0.2) is 13.1 Å². The lowest BCUT2D eigenvalue weighted by Gasteiger charge is -2.29. The summed E-state index contributed by atoms with van der Waals surface area (Å²) in [5, 5.41) is 0. The maximum atomic E-state index is 13.1. The van der Waals surface area contributed by atoms with E-state index in [1.165, 1.54) is 13.2 Å². The molecule has 0 spiro atoms. The Morgan fingerprint density at radius 1 is 1.19 bits per heavy atom. The molecule has 4 rings (SSSR count). The molecule has 2 aromatic rings. The molecule has 142 valence electrons. The number of ether oxygens (including phenoxy) is 1. The Balaban J connectivity index is 1.70. The number of nitrogens with zero attached hydrogens (tertiary/aromatic N) is 1. The normalized spacial score (nSPS) is 16.7. The molecule has 1 aliphatic carbocycles. The fraction of sp³-hybridized carbons (Fsp3) is 0.350. The molecule has 7 heteroatoms. The molecular formula is C20H22N2O4S. The van der Waals surface area contributed by atoms with Gasteiger partial charge in [0.15, 0.2) is 0 Å². The third-order valence-corrected chi connectivity index (χ3v) is 6.50. The molecule has 6 nitrogen and oxygen atoms in total. The van der Waals surface area contributed by atoms with Gasteiger partial charge >= 0.3 is 0 Å². The van der Waals surface area contributed by atoms with Crippen molar-refractivity contribution in [3.63, 3.8) is 0 Å². The van der Waals surface area contributed by atoms with Crippen molar-refractivity contribution in [1.29, 1.82) is 0 Å². The van der Waals surface area contributed by atoms with E-state index in [4.69, 9.17) is 4.74 Å². The van der Waals surface area contributed by atoms with Crippen LogP contribution in [-0.4, -0.2) is 34.0 Å². The van der Waals surface area contributed by atoms with Crippen molar-refractivity contribution in [2.24, 2.45) is 0 Å². The number of aryl methyl sites for hydroxylation is 1. The van der Waals surface area contributed by atoms with E-state index >= 15 is 0 Å². The molecule has 2 aliphatic rings. The molecule has 0 bridgehead atoms. The molecule has 0 atom stereocenters. The second kappa shape index (κ2) is 6.98. The molecule has 2 aromatic carbocycles. The maximum absolute atomic E-state index is 13.1. The summed E-state index contributed by atoms with van der Waals surface area (Å²) in [5.74, 6) is 0.0337. The van der Waals surface area contributed by atoms with Crippen molar-refractivity contribution in [2.45, 2.75) is 36.6 Å². The lowest BCUT2D eigenvalue weighted by Crippen LogP contribution is -2.35. The van der Waals surface area contributed by atoms with Gasteiger partial charge in [0.1, 0.15) is 10.6 Å². The molecule has 0 saturated heterocycles. The van der Waals surface area contributed by atoms with E-state index in [1.807, 2.05) is 24.3 Å². The summed E-state index contributed by atoms with van der Waals surface area (Å²) in [5.41, 5.74) is 2.36. The molecule has 0 unspecified atom stereocenters. The highest BCUT2D eigenvalue weighted by Gasteiger charge is 2.31. The number of anilines is 1. The van der Waals surface area contributed by atoms with Crippen molar-refractivity contribution < 1.29 is 17.9 Å². The van der Waals surface area contributed by atoms with Crippen LogP contribution in [0.15, 0.2) is 47.4 Å². The molecular weight excluding hydrogens is 364 g/mol. The Morgan fingerprint density at radius 3 is 2.70 bits per heavy atom. The number of nitrogens with one attached hydrogen (secondary N) is 1. The van der Waals surface area contributed by atoms with Crippen LogP contribution in [0.2, 0.25) is 0 Å². The zero-order valence-corrected chi connectivity index (χ0v) is 16.0. The van der Waals surface area contributed by atoms with Crippen LogP contribution in [0.4, 0.5) is 5.69 Å². The number of methoxy groups -OCH3 is 1. The quantitative estimate of drug-likeness (QED) is 0.857. The lowest BCUT2D eigenvalue weighted by molar-refractivity contribution is 0.0985. The van der Waals surface area contributed by atoms with Crippen molar-refractivity contribution in [3.8, 4) is 5.75 Å². The SMILES string of the molecule is COc1ccc(C(=O)N2CCCc3ccccc32)cc1S(=O)(=O)NC1CC1. The summed E-state index contributed by atoms with van der Waals surface area (Å²) in [4.78, 5) is 14.9. The zero-order valence-electron chi connectivity index (χ0n) is 15.1. The number of hydrogen-bond donors (Lipinski definition) is 1. The number of carbonyl (C=O) groups excluding carboxylic acids is 1. The number of benzene rings is 2. The van der Waals surface area contributed by atoms with E-state index in [9.17, 15) is 13.2 Å². The fourth-order valence-corrected chi connectivity index (χ4v) is 4.90. The average Bonchev–Trinajstić information content (AvgIpc) is 3.49. The molecule has 1 aliphatic heterocycles. The third kappa shape index (κ3) is 3.57. The summed E-state index contributed by atoms with van der Waals surface area (Å²) in [6, 6.07) is 12.4. The second-order valence-corrected chi connectivity index (χ2v) is 8.63. The van der Waals surface area contributed by atoms with Crippen molar-refractivity contribution in [2.75, 3.05) is 18.6 Å². The van der Waals surface area contributed by atoms with E-state index < -0.39 is 10.0 Å². The Morgan fingerprint density at radius 2 is 1.96 bits per heavy atom. The smallest absolute Gasteiger partial charge is 0.258 e. The van der Waals surface area contributed by atoms with Crippen LogP contribution in [0.1, 0.15) is 35.2 Å². The summed E-state index contributed by atoms with van der Waals surface area (Å²) in [6.07, 6.45) is 3.50. The van der Waals surface area contributed by atoms with Crippen LogP contribution in [0.25, 0.3) is 0 Å². The predicted molar refractivity (Wildman–Crippen MR) is 103 cm³/mol. The first kappa shape index (κ1) is 18.0. The van der Waals surface area contributed by atoms with Crippen molar-refractivity contribution >= 4 is 21.6 Å². The number of rotatable bonds is 5. The minimum absolute atomic E-state index is 0.00745. The number of hydrogen-bond acceptors (Lipinski definition) is 4. The summed E-state index contributed by atoms with van der Waals surface area (Å²) < 4.78 is 33.3. The van der Waals surface area contributed by atoms with E-state index in [0.717, 1.165) is 36.9 Å². The van der Waals surface area contributed by atoms with Gasteiger partial charge in [0.05, 0.1) is 7.11 Å². The molecule has 0 aromatic heterocycles. The topological polar surface area (TPSA) is 75.7 Å². The van der Waals surface area contributed by atoms with Crippen molar-refractivity contribution in [3.05, 3.63) is 53.6 Å². The first-order valence-corrected chi connectivity index (χ1v) is 10.6. The van der Waals surface area contributed by atoms with Gasteiger partial charge in [-0.15, -0.1) is 0 Å². The van der Waals surface area contributed by atoms with Gasteiger partial charge < -0.3 is 9.64 Å². The fourth-order valence-electron chi connectivity index (χ4n) is 3.40. The zero-order chi connectivity index (χ0) is 19.0. The number of amides is 1. The first-order valence-electron chi connectivity index (χ1n) is 9.10. The van der Waals surface area contributed by atoms with Crippen LogP contribution in [0, 0.1) is 0 Å². The summed E-state index contributed by atoms with van der Waals surface area (Å²) in [7, 11) is -2.31. The Hall–Kier alpha value is -2.38.